The smallest absolute Gasteiger partial charge is 0.341 e. The Bertz CT molecular complexity index is 415. The summed E-state index contributed by atoms with van der Waals surface area (Å²) in [5.41, 5.74) is 0.874. The van der Waals surface area contributed by atoms with Gasteiger partial charge in [-0.2, -0.15) is 0 Å². The van der Waals surface area contributed by atoms with Crippen molar-refractivity contribution in [3.63, 3.8) is 0 Å². The number of carboxylic acids is 2. The number of benzene rings is 1. The van der Waals surface area contributed by atoms with Gasteiger partial charge >= 0.3 is 11.9 Å². The van der Waals surface area contributed by atoms with Gasteiger partial charge < -0.3 is 14.9 Å². The minimum absolute atomic E-state index is 0.387. The van der Waals surface area contributed by atoms with E-state index in [0.29, 0.717) is 12.2 Å². The van der Waals surface area contributed by atoms with Crippen molar-refractivity contribution in [3.8, 4) is 5.75 Å². The number of hydrogen-bond acceptors (Lipinski definition) is 4. The lowest BCUT2D eigenvalue weighted by Crippen LogP contribution is -2.18. The molecule has 0 heterocycles. The van der Waals surface area contributed by atoms with E-state index in [0.717, 1.165) is 5.56 Å². The van der Waals surface area contributed by atoms with Crippen LogP contribution in [0.25, 0.3) is 0 Å². The highest BCUT2D eigenvalue weighted by atomic mass is 32.2. The maximum absolute atomic E-state index is 10.9. The van der Waals surface area contributed by atoms with Crippen LogP contribution < -0.4 is 4.74 Å². The largest absolute Gasteiger partial charge is 0.482 e. The van der Waals surface area contributed by atoms with E-state index in [2.05, 4.69) is 0 Å². The zero-order valence-corrected chi connectivity index (χ0v) is 10.6. The van der Waals surface area contributed by atoms with Gasteiger partial charge in [-0.1, -0.05) is 12.1 Å². The van der Waals surface area contributed by atoms with E-state index in [9.17, 15) is 9.59 Å². The molecule has 0 bridgehead atoms. The molecule has 98 valence electrons. The molecule has 0 aliphatic rings. The van der Waals surface area contributed by atoms with Gasteiger partial charge in [0.15, 0.2) is 6.61 Å². The monoisotopic (exact) mass is 270 g/mol. The summed E-state index contributed by atoms with van der Waals surface area (Å²) in [6.45, 7) is -0.387. The first kappa shape index (κ1) is 14.4. The highest BCUT2D eigenvalue weighted by Crippen LogP contribution is 2.17. The van der Waals surface area contributed by atoms with Gasteiger partial charge in [0, 0.05) is 0 Å². The first-order valence-electron chi connectivity index (χ1n) is 5.22. The number of thioether (sulfide) groups is 1. The molecular weight excluding hydrogens is 256 g/mol. The first-order valence-corrected chi connectivity index (χ1v) is 6.51. The number of rotatable bonds is 7. The number of carbonyl (C=O) groups is 2. The molecule has 1 aromatic carbocycles. The highest BCUT2D eigenvalue weighted by Gasteiger charge is 2.16. The van der Waals surface area contributed by atoms with Crippen LogP contribution in [0.1, 0.15) is 5.56 Å². The van der Waals surface area contributed by atoms with Crippen molar-refractivity contribution in [1.29, 1.82) is 0 Å². The third-order valence-electron chi connectivity index (χ3n) is 2.27. The van der Waals surface area contributed by atoms with Crippen LogP contribution in [0, 0.1) is 0 Å². The zero-order valence-electron chi connectivity index (χ0n) is 9.83. The molecular formula is C12H14O5S. The van der Waals surface area contributed by atoms with Crippen LogP contribution in [0.2, 0.25) is 0 Å². The van der Waals surface area contributed by atoms with Gasteiger partial charge in [-0.05, 0) is 30.4 Å². The summed E-state index contributed by atoms with van der Waals surface area (Å²) in [5, 5.41) is 16.9. The first-order chi connectivity index (χ1) is 8.52. The molecule has 1 aromatic rings. The van der Waals surface area contributed by atoms with Gasteiger partial charge in [0.2, 0.25) is 0 Å². The van der Waals surface area contributed by atoms with E-state index < -0.39 is 17.2 Å². The van der Waals surface area contributed by atoms with Gasteiger partial charge in [0.1, 0.15) is 11.0 Å². The lowest BCUT2D eigenvalue weighted by molar-refractivity contribution is -0.139. The Morgan fingerprint density at radius 2 is 1.89 bits per heavy atom. The topological polar surface area (TPSA) is 83.8 Å². The molecule has 5 nitrogen and oxygen atoms in total. The second-order valence-electron chi connectivity index (χ2n) is 3.59. The van der Waals surface area contributed by atoms with E-state index in [1.807, 2.05) is 0 Å². The third kappa shape index (κ3) is 4.67. The minimum atomic E-state index is -1.03. The summed E-state index contributed by atoms with van der Waals surface area (Å²) in [5.74, 6) is -1.42. The third-order valence-corrected chi connectivity index (χ3v) is 3.20. The summed E-state index contributed by atoms with van der Waals surface area (Å²) in [6.07, 6.45) is 2.18. The second-order valence-corrected chi connectivity index (χ2v) is 4.63. The van der Waals surface area contributed by atoms with Crippen molar-refractivity contribution in [2.75, 3.05) is 12.9 Å². The Kier molecular flexibility index (Phi) is 5.51. The normalized spacial score (nSPS) is 11.8. The second kappa shape index (κ2) is 6.90. The van der Waals surface area contributed by atoms with E-state index in [4.69, 9.17) is 14.9 Å². The maximum atomic E-state index is 10.9. The molecule has 1 rings (SSSR count). The summed E-state index contributed by atoms with van der Waals surface area (Å²) in [4.78, 5) is 21.2. The molecule has 0 amide bonds. The van der Waals surface area contributed by atoms with Crippen molar-refractivity contribution < 1.29 is 24.5 Å². The summed E-state index contributed by atoms with van der Waals surface area (Å²) in [6, 6.07) is 6.75. The van der Waals surface area contributed by atoms with Crippen molar-refractivity contribution in [1.82, 2.24) is 0 Å². The number of ether oxygens (including phenoxy) is 1. The Hall–Kier alpha value is -1.69. The van der Waals surface area contributed by atoms with Crippen molar-refractivity contribution >= 4 is 23.7 Å². The van der Waals surface area contributed by atoms with Crippen LogP contribution in [0.4, 0.5) is 0 Å². The van der Waals surface area contributed by atoms with Crippen molar-refractivity contribution in [2.45, 2.75) is 11.7 Å². The van der Waals surface area contributed by atoms with Gasteiger partial charge in [0.25, 0.3) is 0 Å². The van der Waals surface area contributed by atoms with E-state index in [1.54, 1.807) is 30.5 Å². The Labute approximate surface area is 109 Å². The minimum Gasteiger partial charge on any atom is -0.482 e. The molecule has 0 aliphatic heterocycles. The molecule has 0 aromatic heterocycles. The van der Waals surface area contributed by atoms with Crippen LogP contribution in [0.5, 0.6) is 5.75 Å². The fraction of sp³-hybridized carbons (Fsp3) is 0.333. The molecule has 6 heteroatoms. The van der Waals surface area contributed by atoms with Crippen LogP contribution in [0.15, 0.2) is 24.3 Å². The molecule has 1 atom stereocenters. The molecule has 0 spiro atoms. The zero-order chi connectivity index (χ0) is 13.5. The average Bonchev–Trinajstić information content (AvgIpc) is 2.34. The predicted molar refractivity (Wildman–Crippen MR) is 68.2 cm³/mol. The van der Waals surface area contributed by atoms with Gasteiger partial charge in [-0.15, -0.1) is 11.8 Å². The fourth-order valence-corrected chi connectivity index (χ4v) is 1.91. The number of carboxylic acid groups (broad SMARTS) is 2. The Balaban J connectivity index is 2.59. The van der Waals surface area contributed by atoms with E-state index in [1.165, 1.54) is 11.8 Å². The van der Waals surface area contributed by atoms with E-state index >= 15 is 0 Å². The molecule has 2 N–H and O–H groups in total. The molecule has 0 saturated heterocycles. The van der Waals surface area contributed by atoms with Crippen LogP contribution in [0.3, 0.4) is 0 Å². The molecule has 18 heavy (non-hydrogen) atoms. The lowest BCUT2D eigenvalue weighted by atomic mass is 10.1. The molecule has 0 saturated carbocycles. The Morgan fingerprint density at radius 1 is 1.28 bits per heavy atom. The quantitative estimate of drug-likeness (QED) is 0.781. The summed E-state index contributed by atoms with van der Waals surface area (Å²) < 4.78 is 4.98. The van der Waals surface area contributed by atoms with Crippen molar-refractivity contribution in [3.05, 3.63) is 29.8 Å². The molecule has 0 aliphatic carbocycles. The Morgan fingerprint density at radius 3 is 2.33 bits per heavy atom. The van der Waals surface area contributed by atoms with Crippen molar-refractivity contribution in [2.24, 2.45) is 0 Å². The summed E-state index contributed by atoms with van der Waals surface area (Å²) >= 11 is 1.28. The predicted octanol–water partition coefficient (Wildman–Crippen LogP) is 1.51. The van der Waals surface area contributed by atoms with E-state index in [-0.39, 0.29) is 6.61 Å². The van der Waals surface area contributed by atoms with Crippen LogP contribution in [-0.2, 0) is 16.0 Å². The van der Waals surface area contributed by atoms with Gasteiger partial charge in [-0.3, -0.25) is 4.79 Å². The highest BCUT2D eigenvalue weighted by molar-refractivity contribution is 7.99. The standard InChI is InChI=1S/C12H14O5S/c1-18-10(12(15)16)6-8-2-4-9(5-3-8)17-7-11(13)14/h2-5,10H,6-7H2,1H3,(H,13,14)(H,15,16). The number of aliphatic carboxylic acids is 2. The van der Waals surface area contributed by atoms with Crippen LogP contribution in [-0.4, -0.2) is 40.3 Å². The SMILES string of the molecule is CSC(Cc1ccc(OCC(=O)O)cc1)C(=O)O. The molecule has 1 unspecified atom stereocenters. The van der Waals surface area contributed by atoms with Gasteiger partial charge in [-0.25, -0.2) is 4.79 Å². The molecule has 0 radical (unpaired) electrons. The summed E-state index contributed by atoms with van der Waals surface area (Å²) in [7, 11) is 0. The molecule has 0 fully saturated rings. The fourth-order valence-electron chi connectivity index (χ4n) is 1.35. The maximum Gasteiger partial charge on any atom is 0.341 e. The number of hydrogen-bond donors (Lipinski definition) is 2. The van der Waals surface area contributed by atoms with Gasteiger partial charge in [0.05, 0.1) is 0 Å². The van der Waals surface area contributed by atoms with Crippen LogP contribution >= 0.6 is 11.8 Å². The average molecular weight is 270 g/mol. The lowest BCUT2D eigenvalue weighted by Gasteiger charge is -2.10.